The van der Waals surface area contributed by atoms with E-state index in [-0.39, 0.29) is 0 Å². The van der Waals surface area contributed by atoms with Crippen LogP contribution in [0.1, 0.15) is 18.4 Å². The molecule has 0 atom stereocenters. The summed E-state index contributed by atoms with van der Waals surface area (Å²) >= 11 is 0. The fourth-order valence-corrected chi connectivity index (χ4v) is 2.75. The van der Waals surface area contributed by atoms with Crippen LogP contribution in [-0.2, 0) is 17.9 Å². The first-order chi connectivity index (χ1) is 8.44. The molecule has 0 spiro atoms. The molecule has 18 heavy (non-hydrogen) atoms. The predicted octanol–water partition coefficient (Wildman–Crippen LogP) is 1.41. The van der Waals surface area contributed by atoms with Gasteiger partial charge in [0.1, 0.15) is 6.73 Å². The average Bonchev–Trinajstić information content (AvgIpc) is 2.99. The van der Waals surface area contributed by atoms with Gasteiger partial charge in [-0.1, -0.05) is 19.6 Å². The van der Waals surface area contributed by atoms with Crippen molar-refractivity contribution in [3.63, 3.8) is 0 Å². The van der Waals surface area contributed by atoms with Crippen LogP contribution in [0.4, 0.5) is 0 Å². The van der Waals surface area contributed by atoms with E-state index in [1.807, 2.05) is 4.68 Å². The second kappa shape index (κ2) is 5.61. The van der Waals surface area contributed by atoms with Crippen molar-refractivity contribution in [3.05, 3.63) is 11.8 Å². The number of hydrogen-bond donors (Lipinski definition) is 0. The zero-order chi connectivity index (χ0) is 13.2. The Bertz CT molecular complexity index is 396. The quantitative estimate of drug-likeness (QED) is 0.550. The zero-order valence-corrected chi connectivity index (χ0v) is 13.2. The Morgan fingerprint density at radius 3 is 2.78 bits per heavy atom. The van der Waals surface area contributed by atoms with Gasteiger partial charge in [-0.2, -0.15) is 5.10 Å². The topological polar surface area (TPSA) is 27.1 Å². The Hall–Kier alpha value is -0.548. The van der Waals surface area contributed by atoms with E-state index in [2.05, 4.69) is 38.8 Å². The molecule has 0 unspecified atom stereocenters. The summed E-state index contributed by atoms with van der Waals surface area (Å²) in [6.45, 7) is 8.61. The van der Waals surface area contributed by atoms with Crippen LogP contribution >= 0.6 is 0 Å². The highest BCUT2D eigenvalue weighted by Crippen LogP contribution is 2.31. The van der Waals surface area contributed by atoms with Gasteiger partial charge in [-0.25, -0.2) is 4.68 Å². The Morgan fingerprint density at radius 1 is 1.44 bits per heavy atom. The molecule has 0 aromatic carbocycles. The summed E-state index contributed by atoms with van der Waals surface area (Å²) in [4.78, 5) is 0. The minimum atomic E-state index is -0.969. The van der Waals surface area contributed by atoms with Gasteiger partial charge in [-0.05, 0) is 36.8 Å². The third-order valence-corrected chi connectivity index (χ3v) is 5.18. The minimum Gasteiger partial charge on any atom is -0.360 e. The molecule has 2 rings (SSSR count). The molecular formula is C13H25BN2OSi. The first-order valence-electron chi connectivity index (χ1n) is 7.05. The standard InChI is InChI=1S/C13H25BN2OSi/c1-18(2,3)7-6-17-10-16-9-12(13(14)15-16)8-11-4-5-11/h9,11H,4-8,10,14H2,1-3H3. The SMILES string of the molecule is Bc1nn(COCC[Si](C)(C)C)cc1CC1CC1. The summed E-state index contributed by atoms with van der Waals surface area (Å²) in [5.74, 6) is 0.925. The molecule has 1 saturated carbocycles. The summed E-state index contributed by atoms with van der Waals surface area (Å²) < 4.78 is 7.68. The van der Waals surface area contributed by atoms with Crippen molar-refractivity contribution < 1.29 is 4.74 Å². The van der Waals surface area contributed by atoms with E-state index in [9.17, 15) is 0 Å². The van der Waals surface area contributed by atoms with E-state index in [0.29, 0.717) is 6.73 Å². The second-order valence-corrected chi connectivity index (χ2v) is 12.4. The fraction of sp³-hybridized carbons (Fsp3) is 0.769. The van der Waals surface area contributed by atoms with Gasteiger partial charge >= 0.3 is 0 Å². The minimum absolute atomic E-state index is 0.607. The molecule has 0 amide bonds. The molecule has 1 heterocycles. The number of rotatable bonds is 7. The van der Waals surface area contributed by atoms with E-state index in [1.165, 1.54) is 36.5 Å². The van der Waals surface area contributed by atoms with Gasteiger partial charge in [-0.15, -0.1) is 0 Å². The summed E-state index contributed by atoms with van der Waals surface area (Å²) in [5.41, 5.74) is 2.59. The van der Waals surface area contributed by atoms with Gasteiger partial charge in [-0.3, -0.25) is 0 Å². The lowest BCUT2D eigenvalue weighted by Crippen LogP contribution is -2.22. The van der Waals surface area contributed by atoms with E-state index in [1.54, 1.807) is 0 Å². The highest BCUT2D eigenvalue weighted by Gasteiger charge is 2.23. The molecule has 0 N–H and O–H groups in total. The highest BCUT2D eigenvalue weighted by atomic mass is 28.3. The fourth-order valence-electron chi connectivity index (χ4n) is 2.00. The monoisotopic (exact) mass is 264 g/mol. The molecule has 0 saturated heterocycles. The van der Waals surface area contributed by atoms with Crippen LogP contribution in [0.2, 0.25) is 25.7 Å². The van der Waals surface area contributed by atoms with Crippen LogP contribution < -0.4 is 5.59 Å². The van der Waals surface area contributed by atoms with Gasteiger partial charge < -0.3 is 4.74 Å². The summed E-state index contributed by atoms with van der Waals surface area (Å²) in [6, 6.07) is 1.22. The second-order valence-electron chi connectivity index (χ2n) is 6.77. The van der Waals surface area contributed by atoms with Crippen molar-refractivity contribution in [2.24, 2.45) is 5.92 Å². The lowest BCUT2D eigenvalue weighted by Gasteiger charge is -2.15. The molecule has 0 aliphatic heterocycles. The lowest BCUT2D eigenvalue weighted by atomic mass is 9.97. The summed E-state index contributed by atoms with van der Waals surface area (Å²) in [7, 11) is 1.14. The van der Waals surface area contributed by atoms with Gasteiger partial charge in [0.25, 0.3) is 0 Å². The third-order valence-electron chi connectivity index (χ3n) is 3.47. The largest absolute Gasteiger partial charge is 0.360 e. The molecule has 0 radical (unpaired) electrons. The maximum absolute atomic E-state index is 5.72. The third kappa shape index (κ3) is 4.61. The van der Waals surface area contributed by atoms with E-state index in [4.69, 9.17) is 4.74 Å². The number of hydrogen-bond acceptors (Lipinski definition) is 2. The normalized spacial score (nSPS) is 16.2. The van der Waals surface area contributed by atoms with Gasteiger partial charge in [0.2, 0.25) is 0 Å². The van der Waals surface area contributed by atoms with Crippen LogP contribution in [0.5, 0.6) is 0 Å². The van der Waals surface area contributed by atoms with Crippen LogP contribution in [0.15, 0.2) is 6.20 Å². The van der Waals surface area contributed by atoms with Gasteiger partial charge in [0.05, 0.1) is 0 Å². The van der Waals surface area contributed by atoms with Crippen molar-refractivity contribution >= 4 is 21.5 Å². The van der Waals surface area contributed by atoms with Gasteiger partial charge in [0, 0.05) is 26.5 Å². The maximum Gasteiger partial charge on any atom is 0.166 e. The summed E-state index contributed by atoms with van der Waals surface area (Å²) in [6.07, 6.45) is 6.18. The van der Waals surface area contributed by atoms with E-state index in [0.717, 1.165) is 12.5 Å². The first-order valence-corrected chi connectivity index (χ1v) is 10.8. The van der Waals surface area contributed by atoms with E-state index >= 15 is 0 Å². The van der Waals surface area contributed by atoms with Crippen molar-refractivity contribution in [1.29, 1.82) is 0 Å². The van der Waals surface area contributed by atoms with Crippen LogP contribution in [-0.4, -0.2) is 32.3 Å². The van der Waals surface area contributed by atoms with Crippen LogP contribution in [0.25, 0.3) is 0 Å². The number of ether oxygens (including phenoxy) is 1. The molecule has 1 aromatic rings. The van der Waals surface area contributed by atoms with Crippen molar-refractivity contribution in [1.82, 2.24) is 9.78 Å². The molecular weight excluding hydrogens is 239 g/mol. The van der Waals surface area contributed by atoms with E-state index < -0.39 is 8.07 Å². The van der Waals surface area contributed by atoms with Crippen LogP contribution in [0.3, 0.4) is 0 Å². The molecule has 5 heteroatoms. The molecule has 1 fully saturated rings. The smallest absolute Gasteiger partial charge is 0.166 e. The maximum atomic E-state index is 5.72. The Kier molecular flexibility index (Phi) is 4.33. The molecule has 1 aliphatic rings. The Balaban J connectivity index is 1.75. The van der Waals surface area contributed by atoms with Crippen LogP contribution in [0, 0.1) is 5.92 Å². The Labute approximate surface area is 112 Å². The van der Waals surface area contributed by atoms with Gasteiger partial charge in [0.15, 0.2) is 7.85 Å². The molecule has 1 aliphatic carbocycles. The van der Waals surface area contributed by atoms with Crippen molar-refractivity contribution in [2.45, 2.75) is 51.7 Å². The Morgan fingerprint density at radius 2 is 2.17 bits per heavy atom. The molecule has 0 bridgehead atoms. The van der Waals surface area contributed by atoms with Crippen molar-refractivity contribution in [3.8, 4) is 0 Å². The lowest BCUT2D eigenvalue weighted by molar-refractivity contribution is 0.0788. The molecule has 3 nitrogen and oxygen atoms in total. The van der Waals surface area contributed by atoms with Crippen molar-refractivity contribution in [2.75, 3.05) is 6.61 Å². The predicted molar refractivity (Wildman–Crippen MR) is 80.9 cm³/mol. The number of nitrogens with zero attached hydrogens (tertiary/aromatic N) is 2. The zero-order valence-electron chi connectivity index (χ0n) is 12.2. The average molecular weight is 264 g/mol. The summed E-state index contributed by atoms with van der Waals surface area (Å²) in [5, 5.41) is 4.53. The molecule has 100 valence electrons. The number of aromatic nitrogens is 2. The molecule has 1 aromatic heterocycles. The highest BCUT2D eigenvalue weighted by molar-refractivity contribution is 6.76. The first kappa shape index (κ1) is 13.9.